The minimum Gasteiger partial charge on any atom is -0.353 e. The zero-order chi connectivity index (χ0) is 16.2. The third kappa shape index (κ3) is 3.49. The first-order valence-electron chi connectivity index (χ1n) is 7.96. The van der Waals surface area contributed by atoms with E-state index in [1.807, 2.05) is 41.6 Å². The Bertz CT molecular complexity index is 639. The van der Waals surface area contributed by atoms with E-state index in [2.05, 4.69) is 20.1 Å². The summed E-state index contributed by atoms with van der Waals surface area (Å²) in [5.41, 5.74) is 0.912. The second kappa shape index (κ2) is 6.76. The highest BCUT2D eigenvalue weighted by atomic mass is 16.2. The number of carbonyl (C=O) groups excluding carboxylic acids is 1. The van der Waals surface area contributed by atoms with E-state index in [-0.39, 0.29) is 11.9 Å². The summed E-state index contributed by atoms with van der Waals surface area (Å²) in [6, 6.07) is 3.74. The molecule has 7 nitrogen and oxygen atoms in total. The summed E-state index contributed by atoms with van der Waals surface area (Å²) in [7, 11) is 0. The Morgan fingerprint density at radius 3 is 2.74 bits per heavy atom. The minimum absolute atomic E-state index is 0.139. The van der Waals surface area contributed by atoms with Gasteiger partial charge in [-0.05, 0) is 32.4 Å². The summed E-state index contributed by atoms with van der Waals surface area (Å²) in [6.45, 7) is 6.98. The van der Waals surface area contributed by atoms with Crippen LogP contribution in [0.1, 0.15) is 25.1 Å². The van der Waals surface area contributed by atoms with Gasteiger partial charge in [-0.25, -0.2) is 4.98 Å². The van der Waals surface area contributed by atoms with Gasteiger partial charge in [0.1, 0.15) is 6.04 Å². The van der Waals surface area contributed by atoms with Gasteiger partial charge in [-0.15, -0.1) is 5.10 Å². The standard InChI is InChI=1S/C16H22N6O/c1-13-4-5-15(19-18-13)20-7-3-8-21(11-10-20)16(23)14(2)22-9-6-17-12-22/h4-6,9,12,14H,3,7-8,10-11H2,1-2H3. The van der Waals surface area contributed by atoms with Gasteiger partial charge in [-0.3, -0.25) is 4.79 Å². The molecule has 3 heterocycles. The molecule has 0 aliphatic carbocycles. The Kier molecular flexibility index (Phi) is 4.55. The minimum atomic E-state index is -0.219. The van der Waals surface area contributed by atoms with Crippen LogP contribution in [0, 0.1) is 6.92 Å². The van der Waals surface area contributed by atoms with Crippen LogP contribution in [0.25, 0.3) is 0 Å². The van der Waals surface area contributed by atoms with Crippen molar-refractivity contribution in [3.63, 3.8) is 0 Å². The highest BCUT2D eigenvalue weighted by Crippen LogP contribution is 2.16. The molecular weight excluding hydrogens is 292 g/mol. The Labute approximate surface area is 135 Å². The molecule has 1 amide bonds. The average Bonchev–Trinajstić information content (AvgIpc) is 2.99. The Hall–Kier alpha value is -2.44. The summed E-state index contributed by atoms with van der Waals surface area (Å²) < 4.78 is 1.84. The first kappa shape index (κ1) is 15.5. The monoisotopic (exact) mass is 314 g/mol. The molecule has 1 aliphatic heterocycles. The molecule has 2 aromatic heterocycles. The number of aromatic nitrogens is 4. The smallest absolute Gasteiger partial charge is 0.245 e. The molecule has 7 heteroatoms. The van der Waals surface area contributed by atoms with Crippen molar-refractivity contribution < 1.29 is 4.79 Å². The molecule has 0 bridgehead atoms. The van der Waals surface area contributed by atoms with Crippen molar-refractivity contribution >= 4 is 11.7 Å². The molecule has 0 saturated carbocycles. The van der Waals surface area contributed by atoms with Gasteiger partial charge >= 0.3 is 0 Å². The van der Waals surface area contributed by atoms with Crippen molar-refractivity contribution in [2.45, 2.75) is 26.3 Å². The lowest BCUT2D eigenvalue weighted by Gasteiger charge is -2.25. The molecule has 3 rings (SSSR count). The number of carbonyl (C=O) groups is 1. The van der Waals surface area contributed by atoms with Crippen LogP contribution in [-0.4, -0.2) is 56.7 Å². The van der Waals surface area contributed by atoms with Crippen LogP contribution < -0.4 is 4.90 Å². The number of amides is 1. The second-order valence-electron chi connectivity index (χ2n) is 5.88. The first-order valence-corrected chi connectivity index (χ1v) is 7.96. The van der Waals surface area contributed by atoms with Crippen LogP contribution in [0.15, 0.2) is 30.9 Å². The Morgan fingerprint density at radius 1 is 1.17 bits per heavy atom. The van der Waals surface area contributed by atoms with E-state index in [1.165, 1.54) is 0 Å². The van der Waals surface area contributed by atoms with Crippen molar-refractivity contribution in [3.05, 3.63) is 36.5 Å². The fraction of sp³-hybridized carbons (Fsp3) is 0.500. The number of imidazole rings is 1. The predicted molar refractivity (Wildman–Crippen MR) is 87.1 cm³/mol. The van der Waals surface area contributed by atoms with Crippen LogP contribution in [-0.2, 0) is 4.79 Å². The Balaban J connectivity index is 1.64. The van der Waals surface area contributed by atoms with E-state index in [0.29, 0.717) is 6.54 Å². The number of hydrogen-bond acceptors (Lipinski definition) is 5. The van der Waals surface area contributed by atoms with Crippen LogP contribution in [0.3, 0.4) is 0 Å². The SMILES string of the molecule is Cc1ccc(N2CCCN(C(=O)C(C)n3ccnc3)CC2)nn1. The molecule has 122 valence electrons. The molecular formula is C16H22N6O. The molecule has 0 aromatic carbocycles. The van der Waals surface area contributed by atoms with Crippen LogP contribution in [0.2, 0.25) is 0 Å². The highest BCUT2D eigenvalue weighted by Gasteiger charge is 2.24. The maximum atomic E-state index is 12.7. The van der Waals surface area contributed by atoms with Gasteiger partial charge in [0, 0.05) is 38.6 Å². The zero-order valence-electron chi connectivity index (χ0n) is 13.6. The summed E-state index contributed by atoms with van der Waals surface area (Å²) in [5, 5.41) is 8.37. The lowest BCUT2D eigenvalue weighted by atomic mass is 10.2. The number of nitrogens with zero attached hydrogens (tertiary/aromatic N) is 6. The van der Waals surface area contributed by atoms with Gasteiger partial charge in [0.25, 0.3) is 0 Å². The Morgan fingerprint density at radius 2 is 2.04 bits per heavy atom. The van der Waals surface area contributed by atoms with Crippen molar-refractivity contribution in [2.75, 3.05) is 31.1 Å². The third-order valence-corrected chi connectivity index (χ3v) is 4.24. The van der Waals surface area contributed by atoms with Crippen LogP contribution in [0.4, 0.5) is 5.82 Å². The fourth-order valence-corrected chi connectivity index (χ4v) is 2.82. The van der Waals surface area contributed by atoms with Gasteiger partial charge in [0.2, 0.25) is 5.91 Å². The summed E-state index contributed by atoms with van der Waals surface area (Å²) >= 11 is 0. The molecule has 0 N–H and O–H groups in total. The predicted octanol–water partition coefficient (Wildman–Crippen LogP) is 1.28. The largest absolute Gasteiger partial charge is 0.353 e. The highest BCUT2D eigenvalue weighted by molar-refractivity contribution is 5.80. The molecule has 23 heavy (non-hydrogen) atoms. The van der Waals surface area contributed by atoms with E-state index in [4.69, 9.17) is 0 Å². The van der Waals surface area contributed by atoms with Crippen molar-refractivity contribution in [2.24, 2.45) is 0 Å². The molecule has 1 unspecified atom stereocenters. The summed E-state index contributed by atoms with van der Waals surface area (Å²) in [6.07, 6.45) is 6.14. The van der Waals surface area contributed by atoms with E-state index in [0.717, 1.165) is 37.6 Å². The zero-order valence-corrected chi connectivity index (χ0v) is 13.6. The lowest BCUT2D eigenvalue weighted by molar-refractivity contribution is -0.134. The van der Waals surface area contributed by atoms with Crippen molar-refractivity contribution in [1.82, 2.24) is 24.6 Å². The van der Waals surface area contributed by atoms with Crippen molar-refractivity contribution in [3.8, 4) is 0 Å². The van der Waals surface area contributed by atoms with E-state index < -0.39 is 0 Å². The molecule has 0 spiro atoms. The molecule has 1 aliphatic rings. The van der Waals surface area contributed by atoms with Crippen LogP contribution >= 0.6 is 0 Å². The van der Waals surface area contributed by atoms with Crippen LogP contribution in [0.5, 0.6) is 0 Å². The van der Waals surface area contributed by atoms with Gasteiger partial charge in [0.05, 0.1) is 12.0 Å². The topological polar surface area (TPSA) is 67.2 Å². The molecule has 1 saturated heterocycles. The van der Waals surface area contributed by atoms with Gasteiger partial charge in [-0.2, -0.15) is 5.10 Å². The summed E-state index contributed by atoms with van der Waals surface area (Å²) in [4.78, 5) is 20.8. The maximum Gasteiger partial charge on any atom is 0.245 e. The van der Waals surface area contributed by atoms with Crippen molar-refractivity contribution in [1.29, 1.82) is 0 Å². The summed E-state index contributed by atoms with van der Waals surface area (Å²) in [5.74, 6) is 1.02. The number of rotatable bonds is 3. The average molecular weight is 314 g/mol. The first-order chi connectivity index (χ1) is 11.1. The van der Waals surface area contributed by atoms with Gasteiger partial charge in [0.15, 0.2) is 5.82 Å². The second-order valence-corrected chi connectivity index (χ2v) is 5.88. The molecule has 0 radical (unpaired) electrons. The van der Waals surface area contributed by atoms with Gasteiger partial charge in [-0.1, -0.05) is 0 Å². The normalized spacial score (nSPS) is 17.0. The number of hydrogen-bond donors (Lipinski definition) is 0. The molecule has 1 fully saturated rings. The molecule has 1 atom stereocenters. The van der Waals surface area contributed by atoms with E-state index in [1.54, 1.807) is 12.5 Å². The fourth-order valence-electron chi connectivity index (χ4n) is 2.82. The van der Waals surface area contributed by atoms with E-state index >= 15 is 0 Å². The maximum absolute atomic E-state index is 12.7. The van der Waals surface area contributed by atoms with E-state index in [9.17, 15) is 4.79 Å². The molecule has 2 aromatic rings. The van der Waals surface area contributed by atoms with Gasteiger partial charge < -0.3 is 14.4 Å². The third-order valence-electron chi connectivity index (χ3n) is 4.24. The lowest BCUT2D eigenvalue weighted by Crippen LogP contribution is -2.39. The quantitative estimate of drug-likeness (QED) is 0.854. The number of anilines is 1. The number of aryl methyl sites for hydroxylation is 1.